The molecule has 2 heterocycles. The van der Waals surface area contributed by atoms with Crippen LogP contribution in [0.15, 0.2) is 42.5 Å². The van der Waals surface area contributed by atoms with Crippen molar-refractivity contribution in [2.75, 3.05) is 13.2 Å². The number of amides is 1. The number of hydrogen-bond acceptors (Lipinski definition) is 7. The minimum absolute atomic E-state index is 0.0681. The van der Waals surface area contributed by atoms with Crippen molar-refractivity contribution in [1.82, 2.24) is 20.3 Å². The Balaban J connectivity index is 1.52. The maximum absolute atomic E-state index is 12.8. The van der Waals surface area contributed by atoms with Crippen molar-refractivity contribution in [1.29, 1.82) is 0 Å². The van der Waals surface area contributed by atoms with Gasteiger partial charge in [-0.15, -0.1) is 5.10 Å². The number of aromatic nitrogens is 3. The van der Waals surface area contributed by atoms with Gasteiger partial charge < -0.3 is 14.8 Å². The Kier molecular flexibility index (Phi) is 5.52. The van der Waals surface area contributed by atoms with Gasteiger partial charge in [0.15, 0.2) is 17.2 Å². The lowest BCUT2D eigenvalue weighted by molar-refractivity contribution is -0.384. The fraction of sp³-hybridized carbons (Fsp3) is 0.286. The van der Waals surface area contributed by atoms with Crippen LogP contribution in [0.4, 0.5) is 5.69 Å². The number of hydrogen-bond donors (Lipinski definition) is 1. The zero-order valence-corrected chi connectivity index (χ0v) is 17.1. The lowest BCUT2D eigenvalue weighted by Crippen LogP contribution is -2.27. The molecule has 1 aliphatic rings. The molecule has 1 atom stereocenters. The number of fused-ring (bicyclic) bond motifs is 1. The van der Waals surface area contributed by atoms with Crippen LogP contribution in [0.3, 0.4) is 0 Å². The van der Waals surface area contributed by atoms with Crippen LogP contribution in [0.2, 0.25) is 0 Å². The highest BCUT2D eigenvalue weighted by molar-refractivity contribution is 5.93. The van der Waals surface area contributed by atoms with Crippen molar-refractivity contribution >= 4 is 11.6 Å². The summed E-state index contributed by atoms with van der Waals surface area (Å²) in [6, 6.07) is 11.3. The number of carbonyl (C=O) groups excluding carboxylic acids is 1. The van der Waals surface area contributed by atoms with E-state index in [2.05, 4.69) is 15.6 Å². The van der Waals surface area contributed by atoms with Crippen LogP contribution in [0.25, 0.3) is 5.69 Å². The summed E-state index contributed by atoms with van der Waals surface area (Å²) < 4.78 is 12.8. The first-order chi connectivity index (χ1) is 14.9. The van der Waals surface area contributed by atoms with E-state index in [1.165, 1.54) is 16.8 Å². The number of nitrogens with zero attached hydrogens (tertiary/aromatic N) is 4. The molecule has 2 aromatic carbocycles. The molecule has 10 nitrogen and oxygen atoms in total. The van der Waals surface area contributed by atoms with E-state index in [1.807, 2.05) is 25.1 Å². The SMILES string of the molecule is Cc1c(C(=O)NC(C)c2ccc3c(c2)OCCCO3)nnn1-c1cccc([N+](=O)[O-])c1. The number of carbonyl (C=O) groups is 1. The topological polar surface area (TPSA) is 121 Å². The van der Waals surface area contributed by atoms with Gasteiger partial charge in [-0.05, 0) is 37.6 Å². The first kappa shape index (κ1) is 20.3. The molecule has 0 fully saturated rings. The Labute approximate surface area is 177 Å². The molecule has 3 aromatic rings. The maximum Gasteiger partial charge on any atom is 0.274 e. The van der Waals surface area contributed by atoms with Gasteiger partial charge in [0.2, 0.25) is 0 Å². The predicted octanol–water partition coefficient (Wildman–Crippen LogP) is 3.14. The number of nitro benzene ring substituents is 1. The Bertz CT molecular complexity index is 1140. The molecule has 160 valence electrons. The second-order valence-electron chi connectivity index (χ2n) is 7.16. The third kappa shape index (κ3) is 4.18. The van der Waals surface area contributed by atoms with Gasteiger partial charge in [-0.2, -0.15) is 0 Å². The van der Waals surface area contributed by atoms with E-state index >= 15 is 0 Å². The molecular weight excluding hydrogens is 402 g/mol. The molecule has 0 saturated carbocycles. The second kappa shape index (κ2) is 8.42. The fourth-order valence-electron chi connectivity index (χ4n) is 3.32. The van der Waals surface area contributed by atoms with Gasteiger partial charge in [0.1, 0.15) is 0 Å². The molecule has 1 aromatic heterocycles. The van der Waals surface area contributed by atoms with Crippen molar-refractivity contribution < 1.29 is 19.2 Å². The quantitative estimate of drug-likeness (QED) is 0.494. The summed E-state index contributed by atoms with van der Waals surface area (Å²) in [6.07, 6.45) is 0.815. The first-order valence-corrected chi connectivity index (χ1v) is 9.81. The van der Waals surface area contributed by atoms with Crippen molar-refractivity contribution in [3.05, 3.63) is 69.5 Å². The van der Waals surface area contributed by atoms with Crippen molar-refractivity contribution in [2.45, 2.75) is 26.3 Å². The van der Waals surface area contributed by atoms with Crippen LogP contribution in [0.5, 0.6) is 11.5 Å². The molecule has 10 heteroatoms. The third-order valence-corrected chi connectivity index (χ3v) is 5.01. The molecule has 0 saturated heterocycles. The number of non-ortho nitro benzene ring substituents is 1. The fourth-order valence-corrected chi connectivity index (χ4v) is 3.32. The van der Waals surface area contributed by atoms with Crippen molar-refractivity contribution in [2.24, 2.45) is 0 Å². The summed E-state index contributed by atoms with van der Waals surface area (Å²) in [5, 5.41) is 21.9. The molecule has 0 aliphatic carbocycles. The van der Waals surface area contributed by atoms with Gasteiger partial charge >= 0.3 is 0 Å². The van der Waals surface area contributed by atoms with E-state index in [4.69, 9.17) is 9.47 Å². The Morgan fingerprint density at radius 2 is 1.97 bits per heavy atom. The zero-order valence-electron chi connectivity index (χ0n) is 17.1. The lowest BCUT2D eigenvalue weighted by Gasteiger charge is -2.16. The van der Waals surface area contributed by atoms with Crippen molar-refractivity contribution in [3.63, 3.8) is 0 Å². The molecule has 0 spiro atoms. The summed E-state index contributed by atoms with van der Waals surface area (Å²) in [5.41, 5.74) is 1.87. The van der Waals surface area contributed by atoms with Gasteiger partial charge in [-0.25, -0.2) is 4.68 Å². The van der Waals surface area contributed by atoms with Gasteiger partial charge in [0.05, 0.1) is 35.6 Å². The zero-order chi connectivity index (χ0) is 22.0. The first-order valence-electron chi connectivity index (χ1n) is 9.81. The normalized spacial score (nSPS) is 13.9. The van der Waals surface area contributed by atoms with E-state index in [-0.39, 0.29) is 17.4 Å². The molecular formula is C21H21N5O5. The predicted molar refractivity (Wildman–Crippen MR) is 111 cm³/mol. The number of rotatable bonds is 5. The summed E-state index contributed by atoms with van der Waals surface area (Å²) in [7, 11) is 0. The Morgan fingerprint density at radius 3 is 2.74 bits per heavy atom. The third-order valence-electron chi connectivity index (χ3n) is 5.01. The number of benzene rings is 2. The highest BCUT2D eigenvalue weighted by Crippen LogP contribution is 2.32. The number of nitrogens with one attached hydrogen (secondary N) is 1. The molecule has 1 amide bonds. The standard InChI is InChI=1S/C21H21N5O5/c1-13(15-7-8-18-19(11-15)31-10-4-9-30-18)22-21(27)20-14(2)25(24-23-20)16-5-3-6-17(12-16)26(28)29/h3,5-8,11-13H,4,9-10H2,1-2H3,(H,22,27). The average molecular weight is 423 g/mol. The summed E-state index contributed by atoms with van der Waals surface area (Å²) in [6.45, 7) is 4.73. The summed E-state index contributed by atoms with van der Waals surface area (Å²) >= 11 is 0. The smallest absolute Gasteiger partial charge is 0.274 e. The number of ether oxygens (including phenoxy) is 2. The Morgan fingerprint density at radius 1 is 1.19 bits per heavy atom. The van der Waals surface area contributed by atoms with E-state index in [0.29, 0.717) is 36.1 Å². The summed E-state index contributed by atoms with van der Waals surface area (Å²) in [4.78, 5) is 23.4. The minimum Gasteiger partial charge on any atom is -0.490 e. The van der Waals surface area contributed by atoms with E-state index in [1.54, 1.807) is 19.1 Å². The second-order valence-corrected chi connectivity index (χ2v) is 7.16. The van der Waals surface area contributed by atoms with Crippen LogP contribution in [-0.4, -0.2) is 39.0 Å². The molecule has 0 bridgehead atoms. The molecule has 1 N–H and O–H groups in total. The highest BCUT2D eigenvalue weighted by Gasteiger charge is 2.21. The monoisotopic (exact) mass is 423 g/mol. The van der Waals surface area contributed by atoms with Crippen LogP contribution in [0, 0.1) is 17.0 Å². The molecule has 0 radical (unpaired) electrons. The highest BCUT2D eigenvalue weighted by atomic mass is 16.6. The minimum atomic E-state index is -0.486. The number of nitro groups is 1. The molecule has 31 heavy (non-hydrogen) atoms. The van der Waals surface area contributed by atoms with Gasteiger partial charge in [0.25, 0.3) is 11.6 Å². The van der Waals surface area contributed by atoms with Crippen LogP contribution < -0.4 is 14.8 Å². The van der Waals surface area contributed by atoms with Crippen molar-refractivity contribution in [3.8, 4) is 17.2 Å². The average Bonchev–Trinajstić information content (AvgIpc) is 2.99. The largest absolute Gasteiger partial charge is 0.490 e. The van der Waals surface area contributed by atoms with Crippen LogP contribution in [-0.2, 0) is 0 Å². The molecule has 4 rings (SSSR count). The van der Waals surface area contributed by atoms with Gasteiger partial charge in [-0.1, -0.05) is 17.3 Å². The van der Waals surface area contributed by atoms with Crippen LogP contribution in [0.1, 0.15) is 41.1 Å². The van der Waals surface area contributed by atoms with E-state index < -0.39 is 10.8 Å². The maximum atomic E-state index is 12.8. The summed E-state index contributed by atoms with van der Waals surface area (Å²) in [5.74, 6) is 0.952. The lowest BCUT2D eigenvalue weighted by atomic mass is 10.1. The molecule has 1 aliphatic heterocycles. The van der Waals surface area contributed by atoms with Gasteiger partial charge in [-0.3, -0.25) is 14.9 Å². The van der Waals surface area contributed by atoms with Crippen LogP contribution >= 0.6 is 0 Å². The van der Waals surface area contributed by atoms with E-state index in [0.717, 1.165) is 12.0 Å². The Hall–Kier alpha value is -3.95. The molecule has 1 unspecified atom stereocenters. The van der Waals surface area contributed by atoms with Gasteiger partial charge in [0, 0.05) is 18.6 Å². The van der Waals surface area contributed by atoms with E-state index in [9.17, 15) is 14.9 Å².